The molecule has 144 valence electrons. The highest BCUT2D eigenvalue weighted by Crippen LogP contribution is 2.21. The summed E-state index contributed by atoms with van der Waals surface area (Å²) in [6.45, 7) is 10.8. The summed E-state index contributed by atoms with van der Waals surface area (Å²) < 4.78 is 0.870. The van der Waals surface area contributed by atoms with Gasteiger partial charge in [0, 0.05) is 18.7 Å². The summed E-state index contributed by atoms with van der Waals surface area (Å²) in [4.78, 5) is 2.30. The van der Waals surface area contributed by atoms with E-state index in [2.05, 4.69) is 55.3 Å². The maximum Gasteiger partial charge on any atom is 0.142 e. The minimum atomic E-state index is 0.557. The molecule has 0 bridgehead atoms. The molecule has 0 fully saturated rings. The largest absolute Gasteiger partial charge is 0.357 e. The number of thioether (sulfide) groups is 1. The molecule has 0 unspecified atom stereocenters. The molecule has 0 radical (unpaired) electrons. The van der Waals surface area contributed by atoms with E-state index in [0.29, 0.717) is 11.8 Å². The Morgan fingerprint density at radius 3 is 1.96 bits per heavy atom. The van der Waals surface area contributed by atoms with Crippen molar-refractivity contribution in [2.75, 3.05) is 18.5 Å². The van der Waals surface area contributed by atoms with Crippen molar-refractivity contribution in [3.8, 4) is 0 Å². The lowest BCUT2D eigenvalue weighted by molar-refractivity contribution is 0.337. The van der Waals surface area contributed by atoms with Gasteiger partial charge in [0.1, 0.15) is 9.36 Å². The van der Waals surface area contributed by atoms with Gasteiger partial charge in [0.25, 0.3) is 0 Å². The van der Waals surface area contributed by atoms with E-state index in [0.717, 1.165) is 33.7 Å². The first-order chi connectivity index (χ1) is 13.0. The molecule has 5 heteroatoms. The van der Waals surface area contributed by atoms with Crippen molar-refractivity contribution in [3.05, 3.63) is 66.2 Å². The molecule has 0 aliphatic heterocycles. The number of hydrogen-bond donors (Lipinski definition) is 1. The summed E-state index contributed by atoms with van der Waals surface area (Å²) in [5.41, 5.74) is 5.17. The number of hydrogen-bond acceptors (Lipinski definition) is 4. The molecule has 27 heavy (non-hydrogen) atoms. The highest BCUT2D eigenvalue weighted by molar-refractivity contribution is 8.33. The molecule has 0 atom stereocenters. The Hall–Kier alpha value is -1.85. The molecular weight excluding hydrogens is 370 g/mol. The number of nitrogens with zero attached hydrogens (tertiary/aromatic N) is 2. The predicted octanol–water partition coefficient (Wildman–Crippen LogP) is 6.09. The lowest BCUT2D eigenvalue weighted by Crippen LogP contribution is -2.35. The van der Waals surface area contributed by atoms with E-state index in [1.54, 1.807) is 11.8 Å². The van der Waals surface area contributed by atoms with Crippen LogP contribution >= 0.6 is 24.0 Å². The Bertz CT molecular complexity index is 718. The van der Waals surface area contributed by atoms with Crippen LogP contribution in [0, 0.1) is 11.8 Å². The first kappa shape index (κ1) is 21.5. The van der Waals surface area contributed by atoms with Gasteiger partial charge >= 0.3 is 0 Å². The Kier molecular flexibility index (Phi) is 8.82. The van der Waals surface area contributed by atoms with Crippen molar-refractivity contribution in [1.29, 1.82) is 0 Å². The van der Waals surface area contributed by atoms with Crippen LogP contribution in [0.2, 0.25) is 0 Å². The second-order valence-corrected chi connectivity index (χ2v) is 8.94. The number of thiocarbonyl (C=S) groups is 1. The standard InChI is InChI=1S/C22H29N3S2/c1-17(2)15-25(16-18(3)4)22(26)27-21(19-11-7-5-8-12-19)24-23-20-13-9-6-10-14-20/h5-14,17-18,23H,15-16H2,1-4H3/b24-21+. The predicted molar refractivity (Wildman–Crippen MR) is 124 cm³/mol. The van der Waals surface area contributed by atoms with E-state index < -0.39 is 0 Å². The van der Waals surface area contributed by atoms with Gasteiger partial charge in [-0.3, -0.25) is 5.43 Å². The average molecular weight is 400 g/mol. The quantitative estimate of drug-likeness (QED) is 0.264. The summed E-state index contributed by atoms with van der Waals surface area (Å²) >= 11 is 7.35. The number of benzene rings is 2. The third kappa shape index (κ3) is 7.73. The summed E-state index contributed by atoms with van der Waals surface area (Å²) in [5, 5.41) is 5.54. The third-order valence-electron chi connectivity index (χ3n) is 3.69. The van der Waals surface area contributed by atoms with Crippen LogP contribution in [0.15, 0.2) is 65.8 Å². The van der Waals surface area contributed by atoms with Gasteiger partial charge in [-0.15, -0.1) is 0 Å². The van der Waals surface area contributed by atoms with Crippen LogP contribution in [0.4, 0.5) is 5.69 Å². The van der Waals surface area contributed by atoms with Crippen LogP contribution in [0.3, 0.4) is 0 Å². The van der Waals surface area contributed by atoms with Crippen LogP contribution in [-0.2, 0) is 0 Å². The van der Waals surface area contributed by atoms with Gasteiger partial charge in [-0.1, -0.05) is 88.4 Å². The smallest absolute Gasteiger partial charge is 0.142 e. The maximum atomic E-state index is 5.80. The molecule has 0 aliphatic rings. The van der Waals surface area contributed by atoms with Crippen molar-refractivity contribution in [2.24, 2.45) is 16.9 Å². The fourth-order valence-electron chi connectivity index (χ4n) is 2.61. The fourth-order valence-corrected chi connectivity index (χ4v) is 3.78. The topological polar surface area (TPSA) is 27.6 Å². The minimum absolute atomic E-state index is 0.557. The first-order valence-electron chi connectivity index (χ1n) is 9.36. The molecule has 2 aromatic carbocycles. The highest BCUT2D eigenvalue weighted by Gasteiger charge is 2.17. The average Bonchev–Trinajstić information content (AvgIpc) is 2.65. The van der Waals surface area contributed by atoms with Crippen molar-refractivity contribution in [3.63, 3.8) is 0 Å². The molecule has 2 aromatic rings. The Morgan fingerprint density at radius 1 is 0.926 bits per heavy atom. The van der Waals surface area contributed by atoms with E-state index >= 15 is 0 Å². The van der Waals surface area contributed by atoms with Crippen molar-refractivity contribution in [2.45, 2.75) is 27.7 Å². The van der Waals surface area contributed by atoms with Crippen LogP contribution in [-0.4, -0.2) is 27.4 Å². The number of para-hydroxylation sites is 1. The zero-order valence-electron chi connectivity index (χ0n) is 16.6. The third-order valence-corrected chi connectivity index (χ3v) is 5.16. The minimum Gasteiger partial charge on any atom is -0.357 e. The number of anilines is 1. The molecular formula is C22H29N3S2. The van der Waals surface area contributed by atoms with E-state index in [4.69, 9.17) is 12.2 Å². The summed E-state index contributed by atoms with van der Waals surface area (Å²) in [6, 6.07) is 20.2. The van der Waals surface area contributed by atoms with Gasteiger partial charge in [0.05, 0.1) is 5.69 Å². The van der Waals surface area contributed by atoms with Gasteiger partial charge in [0.2, 0.25) is 0 Å². The number of nitrogens with one attached hydrogen (secondary N) is 1. The van der Waals surface area contributed by atoms with Crippen molar-refractivity contribution < 1.29 is 0 Å². The molecule has 0 aromatic heterocycles. The maximum absolute atomic E-state index is 5.80. The number of rotatable bonds is 7. The lowest BCUT2D eigenvalue weighted by atomic mass is 10.1. The zero-order valence-corrected chi connectivity index (χ0v) is 18.2. The van der Waals surface area contributed by atoms with Crippen LogP contribution in [0.5, 0.6) is 0 Å². The molecule has 0 saturated carbocycles. The molecule has 0 saturated heterocycles. The second-order valence-electron chi connectivity index (χ2n) is 7.32. The lowest BCUT2D eigenvalue weighted by Gasteiger charge is -2.28. The first-order valence-corrected chi connectivity index (χ1v) is 10.6. The second kappa shape index (κ2) is 11.1. The normalized spacial score (nSPS) is 11.7. The SMILES string of the molecule is CC(C)CN(CC(C)C)C(=S)S/C(=N/Nc1ccccc1)c1ccccc1. The van der Waals surface area contributed by atoms with E-state index in [1.807, 2.05) is 48.5 Å². The zero-order chi connectivity index (χ0) is 19.6. The monoisotopic (exact) mass is 399 g/mol. The van der Waals surface area contributed by atoms with Gasteiger partial charge in [-0.2, -0.15) is 5.10 Å². The molecule has 0 heterocycles. The molecule has 0 spiro atoms. The molecule has 3 nitrogen and oxygen atoms in total. The van der Waals surface area contributed by atoms with Crippen LogP contribution in [0.1, 0.15) is 33.3 Å². The van der Waals surface area contributed by atoms with E-state index in [9.17, 15) is 0 Å². The highest BCUT2D eigenvalue weighted by atomic mass is 32.2. The Morgan fingerprint density at radius 2 is 1.44 bits per heavy atom. The molecule has 0 amide bonds. The Balaban J connectivity index is 2.21. The van der Waals surface area contributed by atoms with Gasteiger partial charge in [-0.05, 0) is 35.7 Å². The molecule has 0 aliphatic carbocycles. The Labute approximate surface area is 173 Å². The van der Waals surface area contributed by atoms with Crippen LogP contribution < -0.4 is 5.43 Å². The van der Waals surface area contributed by atoms with Gasteiger partial charge in [-0.25, -0.2) is 0 Å². The summed E-state index contributed by atoms with van der Waals surface area (Å²) in [7, 11) is 0. The van der Waals surface area contributed by atoms with E-state index in [1.165, 1.54) is 0 Å². The van der Waals surface area contributed by atoms with Gasteiger partial charge < -0.3 is 4.90 Å². The molecule has 1 N–H and O–H groups in total. The van der Waals surface area contributed by atoms with E-state index in [-0.39, 0.29) is 0 Å². The van der Waals surface area contributed by atoms with Gasteiger partial charge in [0.15, 0.2) is 0 Å². The fraction of sp³-hybridized carbons (Fsp3) is 0.364. The summed E-state index contributed by atoms with van der Waals surface area (Å²) in [5.74, 6) is 1.11. The molecule has 2 rings (SSSR count). The van der Waals surface area contributed by atoms with Crippen molar-refractivity contribution in [1.82, 2.24) is 4.90 Å². The number of hydrazone groups is 1. The van der Waals surface area contributed by atoms with Crippen LogP contribution in [0.25, 0.3) is 0 Å². The van der Waals surface area contributed by atoms with Crippen molar-refractivity contribution >= 4 is 39.0 Å². The summed E-state index contributed by atoms with van der Waals surface area (Å²) in [6.07, 6.45) is 0.